The number of pyridine rings is 1. The molecule has 1 amide bonds. The van der Waals surface area contributed by atoms with E-state index in [0.29, 0.717) is 31.7 Å². The van der Waals surface area contributed by atoms with Crippen molar-refractivity contribution in [3.05, 3.63) is 24.0 Å². The zero-order valence-corrected chi connectivity index (χ0v) is 10.1. The molecule has 0 unspecified atom stereocenters. The second kappa shape index (κ2) is 5.32. The Labute approximate surface area is 105 Å². The van der Waals surface area contributed by atoms with Crippen molar-refractivity contribution in [2.24, 2.45) is 0 Å². The minimum Gasteiger partial charge on any atom is -0.397 e. The molecule has 0 saturated carbocycles. The first-order chi connectivity index (χ1) is 8.61. The summed E-state index contributed by atoms with van der Waals surface area (Å²) in [5.41, 5.74) is 5.28. The van der Waals surface area contributed by atoms with Crippen LogP contribution in [-0.4, -0.2) is 41.4 Å². The number of hydrogen-bond donors (Lipinski definition) is 3. The Morgan fingerprint density at radius 3 is 2.94 bits per heavy atom. The van der Waals surface area contributed by atoms with Crippen LogP contribution < -0.4 is 11.1 Å². The van der Waals surface area contributed by atoms with E-state index >= 15 is 0 Å². The van der Waals surface area contributed by atoms with Gasteiger partial charge >= 0.3 is 0 Å². The number of anilines is 1. The third-order valence-electron chi connectivity index (χ3n) is 3.06. The monoisotopic (exact) mass is 251 g/mol. The van der Waals surface area contributed by atoms with Gasteiger partial charge in [0.2, 0.25) is 0 Å². The van der Waals surface area contributed by atoms with Crippen molar-refractivity contribution >= 4 is 11.6 Å². The number of aliphatic hydroxyl groups is 1. The van der Waals surface area contributed by atoms with Gasteiger partial charge in [-0.05, 0) is 12.1 Å². The number of carbonyl (C=O) groups is 1. The number of nitrogens with one attached hydrogen (secondary N) is 1. The lowest BCUT2D eigenvalue weighted by atomic mass is 9.94. The standard InChI is InChI=1S/C12H17N3O3/c13-9-2-1-5-14-10(9)11(16)15-8-12(17)3-6-18-7-4-12/h1-2,5,17H,3-4,6-8,13H2,(H,15,16). The first-order valence-electron chi connectivity index (χ1n) is 5.90. The van der Waals surface area contributed by atoms with Gasteiger partial charge in [-0.15, -0.1) is 0 Å². The first-order valence-corrected chi connectivity index (χ1v) is 5.90. The van der Waals surface area contributed by atoms with Gasteiger partial charge in [-0.3, -0.25) is 4.79 Å². The topological polar surface area (TPSA) is 97.5 Å². The molecule has 1 aromatic rings. The second-order valence-electron chi connectivity index (χ2n) is 4.46. The summed E-state index contributed by atoms with van der Waals surface area (Å²) in [6.45, 7) is 1.21. The van der Waals surface area contributed by atoms with Gasteiger partial charge in [-0.25, -0.2) is 4.98 Å². The molecule has 0 aromatic carbocycles. The van der Waals surface area contributed by atoms with E-state index in [1.165, 1.54) is 6.20 Å². The quantitative estimate of drug-likeness (QED) is 0.699. The number of nitrogen functional groups attached to an aromatic ring is 1. The maximum Gasteiger partial charge on any atom is 0.272 e. The molecular weight excluding hydrogens is 234 g/mol. The van der Waals surface area contributed by atoms with Crippen molar-refractivity contribution in [2.45, 2.75) is 18.4 Å². The summed E-state index contributed by atoms with van der Waals surface area (Å²) in [6.07, 6.45) is 2.55. The van der Waals surface area contributed by atoms with Gasteiger partial charge in [0.1, 0.15) is 0 Å². The van der Waals surface area contributed by atoms with Gasteiger partial charge in [0.15, 0.2) is 5.69 Å². The predicted molar refractivity (Wildman–Crippen MR) is 66.0 cm³/mol. The van der Waals surface area contributed by atoms with E-state index in [0.717, 1.165) is 0 Å². The fourth-order valence-corrected chi connectivity index (χ4v) is 1.86. The summed E-state index contributed by atoms with van der Waals surface area (Å²) in [6, 6.07) is 3.28. The first kappa shape index (κ1) is 12.8. The average Bonchev–Trinajstić information content (AvgIpc) is 2.38. The Morgan fingerprint density at radius 1 is 1.56 bits per heavy atom. The van der Waals surface area contributed by atoms with Crippen LogP contribution in [0.3, 0.4) is 0 Å². The van der Waals surface area contributed by atoms with E-state index < -0.39 is 5.60 Å². The molecular formula is C12H17N3O3. The molecule has 98 valence electrons. The smallest absolute Gasteiger partial charge is 0.272 e. The molecule has 1 aliphatic rings. The minimum absolute atomic E-state index is 0.186. The zero-order chi connectivity index (χ0) is 13.0. The summed E-state index contributed by atoms with van der Waals surface area (Å²) in [4.78, 5) is 15.8. The van der Waals surface area contributed by atoms with Gasteiger partial charge in [0.25, 0.3) is 5.91 Å². The average molecular weight is 251 g/mol. The molecule has 1 aromatic heterocycles. The molecule has 0 aliphatic carbocycles. The highest BCUT2D eigenvalue weighted by Gasteiger charge is 2.30. The van der Waals surface area contributed by atoms with Crippen LogP contribution in [0.25, 0.3) is 0 Å². The van der Waals surface area contributed by atoms with Crippen molar-refractivity contribution in [3.63, 3.8) is 0 Å². The number of rotatable bonds is 3. The maximum absolute atomic E-state index is 11.9. The van der Waals surface area contributed by atoms with E-state index in [2.05, 4.69) is 10.3 Å². The van der Waals surface area contributed by atoms with E-state index in [4.69, 9.17) is 10.5 Å². The molecule has 18 heavy (non-hydrogen) atoms. The maximum atomic E-state index is 11.9. The molecule has 0 radical (unpaired) electrons. The molecule has 6 nitrogen and oxygen atoms in total. The Bertz CT molecular complexity index is 430. The van der Waals surface area contributed by atoms with Gasteiger partial charge in [0.05, 0.1) is 11.3 Å². The normalized spacial score (nSPS) is 18.3. The van der Waals surface area contributed by atoms with Crippen LogP contribution in [0.5, 0.6) is 0 Å². The summed E-state index contributed by atoms with van der Waals surface area (Å²) in [7, 11) is 0. The van der Waals surface area contributed by atoms with Crippen molar-refractivity contribution in [2.75, 3.05) is 25.5 Å². The van der Waals surface area contributed by atoms with E-state index in [1.807, 2.05) is 0 Å². The minimum atomic E-state index is -0.891. The van der Waals surface area contributed by atoms with Crippen molar-refractivity contribution in [3.8, 4) is 0 Å². The molecule has 2 heterocycles. The van der Waals surface area contributed by atoms with Gasteiger partial charge in [-0.1, -0.05) is 0 Å². The van der Waals surface area contributed by atoms with Crippen LogP contribution in [-0.2, 0) is 4.74 Å². The Hall–Kier alpha value is -1.66. The zero-order valence-electron chi connectivity index (χ0n) is 10.1. The van der Waals surface area contributed by atoms with Crippen LogP contribution in [0.2, 0.25) is 0 Å². The summed E-state index contributed by atoms with van der Waals surface area (Å²) in [5.74, 6) is -0.368. The fourth-order valence-electron chi connectivity index (χ4n) is 1.86. The predicted octanol–water partition coefficient (Wildman–Crippen LogP) is -0.0649. The molecule has 1 saturated heterocycles. The van der Waals surface area contributed by atoms with Crippen LogP contribution >= 0.6 is 0 Å². The van der Waals surface area contributed by atoms with Crippen molar-refractivity contribution in [1.82, 2.24) is 10.3 Å². The molecule has 1 fully saturated rings. The molecule has 0 atom stereocenters. The van der Waals surface area contributed by atoms with Gasteiger partial charge in [0, 0.05) is 38.8 Å². The van der Waals surface area contributed by atoms with Crippen LogP contribution in [0.1, 0.15) is 23.3 Å². The fraction of sp³-hybridized carbons (Fsp3) is 0.500. The third-order valence-corrected chi connectivity index (χ3v) is 3.06. The number of amides is 1. The van der Waals surface area contributed by atoms with Crippen molar-refractivity contribution < 1.29 is 14.6 Å². The number of aromatic nitrogens is 1. The number of nitrogens with zero attached hydrogens (tertiary/aromatic N) is 1. The lowest BCUT2D eigenvalue weighted by molar-refractivity contribution is -0.0605. The second-order valence-corrected chi connectivity index (χ2v) is 4.46. The highest BCUT2D eigenvalue weighted by atomic mass is 16.5. The Kier molecular flexibility index (Phi) is 3.78. The van der Waals surface area contributed by atoms with E-state index in [9.17, 15) is 9.90 Å². The van der Waals surface area contributed by atoms with Crippen molar-refractivity contribution in [1.29, 1.82) is 0 Å². The highest BCUT2D eigenvalue weighted by molar-refractivity contribution is 5.97. The molecule has 1 aliphatic heterocycles. The van der Waals surface area contributed by atoms with Crippen LogP contribution in [0, 0.1) is 0 Å². The Balaban J connectivity index is 1.94. The largest absolute Gasteiger partial charge is 0.397 e. The summed E-state index contributed by atoms with van der Waals surface area (Å²) in [5, 5.41) is 12.9. The number of carbonyl (C=O) groups excluding carboxylic acids is 1. The Morgan fingerprint density at radius 2 is 2.28 bits per heavy atom. The van der Waals surface area contributed by atoms with Crippen LogP contribution in [0.4, 0.5) is 5.69 Å². The van der Waals surface area contributed by atoms with E-state index in [-0.39, 0.29) is 18.1 Å². The van der Waals surface area contributed by atoms with Crippen LogP contribution in [0.15, 0.2) is 18.3 Å². The van der Waals surface area contributed by atoms with Gasteiger partial charge < -0.3 is 20.9 Å². The van der Waals surface area contributed by atoms with Gasteiger partial charge in [-0.2, -0.15) is 0 Å². The lowest BCUT2D eigenvalue weighted by Crippen LogP contribution is -2.46. The molecule has 6 heteroatoms. The SMILES string of the molecule is Nc1cccnc1C(=O)NCC1(O)CCOCC1. The molecule has 0 bridgehead atoms. The number of hydrogen-bond acceptors (Lipinski definition) is 5. The van der Waals surface area contributed by atoms with E-state index in [1.54, 1.807) is 12.1 Å². The third kappa shape index (κ3) is 2.96. The number of nitrogens with two attached hydrogens (primary N) is 1. The molecule has 2 rings (SSSR count). The number of ether oxygens (including phenoxy) is 1. The lowest BCUT2D eigenvalue weighted by Gasteiger charge is -2.32. The molecule has 4 N–H and O–H groups in total. The summed E-state index contributed by atoms with van der Waals surface area (Å²) >= 11 is 0. The summed E-state index contributed by atoms with van der Waals surface area (Å²) < 4.78 is 5.17. The molecule has 0 spiro atoms. The highest BCUT2D eigenvalue weighted by Crippen LogP contribution is 2.19.